The van der Waals surface area contributed by atoms with Crippen molar-refractivity contribution in [3.8, 4) is 0 Å². The van der Waals surface area contributed by atoms with Gasteiger partial charge < -0.3 is 4.90 Å². The van der Waals surface area contributed by atoms with Crippen LogP contribution in [0.3, 0.4) is 0 Å². The second-order valence-corrected chi connectivity index (χ2v) is 6.84. The number of benzene rings is 1. The third-order valence-corrected chi connectivity index (χ3v) is 4.94. The van der Waals surface area contributed by atoms with Crippen molar-refractivity contribution in [2.75, 3.05) is 11.9 Å². The van der Waals surface area contributed by atoms with Gasteiger partial charge in [0.1, 0.15) is 0 Å². The van der Waals surface area contributed by atoms with Gasteiger partial charge in [0.25, 0.3) is 5.70 Å². The van der Waals surface area contributed by atoms with Crippen molar-refractivity contribution in [2.45, 2.75) is 19.3 Å². The van der Waals surface area contributed by atoms with Crippen molar-refractivity contribution >= 4 is 22.8 Å². The summed E-state index contributed by atoms with van der Waals surface area (Å²) in [5, 5.41) is 11.0. The van der Waals surface area contributed by atoms with Crippen LogP contribution in [0.25, 0.3) is 0 Å². The molecule has 5 heteroatoms. The Labute approximate surface area is 146 Å². The predicted molar refractivity (Wildman–Crippen MR) is 101 cm³/mol. The number of allylic oxidation sites excluding steroid dienone is 7. The van der Waals surface area contributed by atoms with E-state index in [0.717, 1.165) is 5.70 Å². The van der Waals surface area contributed by atoms with Crippen LogP contribution >= 0.6 is 12.2 Å². The Morgan fingerprint density at radius 3 is 2.58 bits per heavy atom. The van der Waals surface area contributed by atoms with Crippen LogP contribution in [-0.2, 0) is 5.41 Å². The Balaban J connectivity index is 2.02. The topological polar surface area (TPSA) is 46.4 Å². The van der Waals surface area contributed by atoms with Crippen LogP contribution in [0, 0.1) is 10.1 Å². The first-order chi connectivity index (χ1) is 11.3. The summed E-state index contributed by atoms with van der Waals surface area (Å²) in [6.45, 7) is 4.36. The Morgan fingerprint density at radius 1 is 1.21 bits per heavy atom. The number of nitro groups is 1. The molecule has 1 aromatic rings. The minimum atomic E-state index is -0.402. The van der Waals surface area contributed by atoms with E-state index in [9.17, 15) is 10.1 Å². The largest absolute Gasteiger partial charge is 0.347 e. The molecule has 3 rings (SSSR count). The smallest absolute Gasteiger partial charge is 0.270 e. The van der Waals surface area contributed by atoms with Gasteiger partial charge >= 0.3 is 0 Å². The number of fused-ring (bicyclic) bond motifs is 1. The zero-order chi connectivity index (χ0) is 17.5. The highest BCUT2D eigenvalue weighted by atomic mass is 32.1. The molecule has 1 heterocycles. The van der Waals surface area contributed by atoms with Crippen LogP contribution in [-0.4, -0.2) is 16.8 Å². The molecular weight excluding hydrogens is 320 g/mol. The van der Waals surface area contributed by atoms with Crippen molar-refractivity contribution in [1.82, 2.24) is 0 Å². The summed E-state index contributed by atoms with van der Waals surface area (Å²) in [5.41, 5.74) is 4.18. The maximum atomic E-state index is 11.0. The summed E-state index contributed by atoms with van der Waals surface area (Å²) in [4.78, 5) is 13.3. The molecule has 0 radical (unpaired) electrons. The molecule has 0 spiro atoms. The van der Waals surface area contributed by atoms with E-state index in [2.05, 4.69) is 30.9 Å². The Bertz CT molecular complexity index is 860. The van der Waals surface area contributed by atoms with Crippen molar-refractivity contribution in [3.63, 3.8) is 0 Å². The molecule has 24 heavy (non-hydrogen) atoms. The summed E-state index contributed by atoms with van der Waals surface area (Å²) in [6, 6.07) is 8.31. The Kier molecular flexibility index (Phi) is 3.97. The van der Waals surface area contributed by atoms with Gasteiger partial charge in [0, 0.05) is 40.9 Å². The molecule has 0 saturated carbocycles. The molecule has 0 unspecified atom stereocenters. The fourth-order valence-corrected chi connectivity index (χ4v) is 3.45. The van der Waals surface area contributed by atoms with Gasteiger partial charge in [-0.1, -0.05) is 50.3 Å². The van der Waals surface area contributed by atoms with Gasteiger partial charge in [-0.25, -0.2) is 0 Å². The molecule has 0 bridgehead atoms. The summed E-state index contributed by atoms with van der Waals surface area (Å²) >= 11 is 5.30. The lowest BCUT2D eigenvalue weighted by Crippen LogP contribution is -2.22. The quantitative estimate of drug-likeness (QED) is 0.349. The highest BCUT2D eigenvalue weighted by Gasteiger charge is 2.37. The molecule has 1 aliphatic heterocycles. The fraction of sp³-hybridized carbons (Fsp3) is 0.211. The number of hydrogen-bond acceptors (Lipinski definition) is 4. The molecule has 0 N–H and O–H groups in total. The fourth-order valence-electron chi connectivity index (χ4n) is 3.25. The van der Waals surface area contributed by atoms with Crippen LogP contribution in [0.15, 0.2) is 71.6 Å². The third kappa shape index (κ3) is 2.61. The molecule has 0 aromatic heterocycles. The van der Waals surface area contributed by atoms with Crippen molar-refractivity contribution < 1.29 is 4.92 Å². The average molecular weight is 338 g/mol. The molecule has 2 aliphatic rings. The van der Waals surface area contributed by atoms with Gasteiger partial charge in [-0.2, -0.15) is 0 Å². The number of hydrogen-bond donors (Lipinski definition) is 0. The van der Waals surface area contributed by atoms with E-state index in [1.807, 2.05) is 31.3 Å². The SMILES string of the molecule is CN1/C(=C\C=C2\C=C([N+](=O)[O-])C=CC2=S)C(C)(C)c2ccccc21. The second kappa shape index (κ2) is 5.83. The molecule has 1 aromatic carbocycles. The predicted octanol–water partition coefficient (Wildman–Crippen LogP) is 4.32. The van der Waals surface area contributed by atoms with Gasteiger partial charge in [0.05, 0.1) is 4.92 Å². The van der Waals surface area contributed by atoms with E-state index in [4.69, 9.17) is 12.2 Å². The maximum absolute atomic E-state index is 11.0. The van der Waals surface area contributed by atoms with Crippen molar-refractivity contribution in [3.05, 3.63) is 87.3 Å². The van der Waals surface area contributed by atoms with Gasteiger partial charge in [0.15, 0.2) is 0 Å². The molecule has 0 saturated heterocycles. The van der Waals surface area contributed by atoms with Crippen LogP contribution < -0.4 is 4.90 Å². The summed E-state index contributed by atoms with van der Waals surface area (Å²) in [7, 11) is 2.04. The summed E-state index contributed by atoms with van der Waals surface area (Å²) in [6.07, 6.45) is 8.45. The number of likely N-dealkylation sites (N-methyl/N-ethyl adjacent to an activating group) is 1. The summed E-state index contributed by atoms with van der Waals surface area (Å²) < 4.78 is 0. The zero-order valence-corrected chi connectivity index (χ0v) is 14.6. The monoisotopic (exact) mass is 338 g/mol. The molecule has 0 fully saturated rings. The third-order valence-electron chi connectivity index (χ3n) is 4.57. The Morgan fingerprint density at radius 2 is 1.92 bits per heavy atom. The lowest BCUT2D eigenvalue weighted by Gasteiger charge is -2.23. The van der Waals surface area contributed by atoms with Crippen LogP contribution in [0.2, 0.25) is 0 Å². The van der Waals surface area contributed by atoms with E-state index < -0.39 is 4.92 Å². The molecule has 1 aliphatic carbocycles. The number of nitrogens with zero attached hydrogens (tertiary/aromatic N) is 2. The molecule has 0 atom stereocenters. The van der Waals surface area contributed by atoms with Crippen LogP contribution in [0.5, 0.6) is 0 Å². The van der Waals surface area contributed by atoms with Gasteiger partial charge in [0.2, 0.25) is 0 Å². The second-order valence-electron chi connectivity index (χ2n) is 6.40. The number of thiocarbonyl (C=S) groups is 1. The van der Waals surface area contributed by atoms with Crippen molar-refractivity contribution in [2.24, 2.45) is 0 Å². The standard InChI is InChI=1S/C19H18N2O2S/c1-19(2)15-6-4-5-7-16(15)20(3)18(19)11-8-13-12-14(21(22)23)9-10-17(13)24/h4-12H,1-3H3/b13-8-,18-11-. The van der Waals surface area contributed by atoms with E-state index in [1.165, 1.54) is 23.4 Å². The van der Waals surface area contributed by atoms with Crippen LogP contribution in [0.4, 0.5) is 5.69 Å². The normalized spacial score (nSPS) is 22.0. The highest BCUT2D eigenvalue weighted by molar-refractivity contribution is 7.81. The lowest BCUT2D eigenvalue weighted by atomic mass is 9.83. The number of anilines is 1. The first kappa shape index (κ1) is 16.3. The number of rotatable bonds is 2. The number of para-hydroxylation sites is 1. The first-order valence-corrected chi connectivity index (χ1v) is 8.07. The zero-order valence-electron chi connectivity index (χ0n) is 13.8. The van der Waals surface area contributed by atoms with Crippen LogP contribution in [0.1, 0.15) is 19.4 Å². The van der Waals surface area contributed by atoms with Gasteiger partial charge in [-0.3, -0.25) is 10.1 Å². The first-order valence-electron chi connectivity index (χ1n) is 7.66. The molecule has 0 amide bonds. The molecule has 4 nitrogen and oxygen atoms in total. The maximum Gasteiger partial charge on any atom is 0.270 e. The summed E-state index contributed by atoms with van der Waals surface area (Å²) in [5.74, 6) is 0. The minimum Gasteiger partial charge on any atom is -0.347 e. The van der Waals surface area contributed by atoms with Gasteiger partial charge in [-0.05, 0) is 29.4 Å². The van der Waals surface area contributed by atoms with E-state index in [0.29, 0.717) is 10.4 Å². The van der Waals surface area contributed by atoms with Crippen molar-refractivity contribution in [1.29, 1.82) is 0 Å². The Hall–Kier alpha value is -2.53. The van der Waals surface area contributed by atoms with E-state index >= 15 is 0 Å². The molecule has 122 valence electrons. The molecular formula is C19H18N2O2S. The van der Waals surface area contributed by atoms with E-state index in [-0.39, 0.29) is 11.1 Å². The highest BCUT2D eigenvalue weighted by Crippen LogP contribution is 2.46. The minimum absolute atomic E-state index is 0.0515. The van der Waals surface area contributed by atoms with E-state index in [1.54, 1.807) is 6.08 Å². The average Bonchev–Trinajstić information content (AvgIpc) is 2.74. The van der Waals surface area contributed by atoms with Gasteiger partial charge in [-0.15, -0.1) is 0 Å². The lowest BCUT2D eigenvalue weighted by molar-refractivity contribution is -0.419.